The number of thiophene rings is 1. The number of anilines is 1. The maximum absolute atomic E-state index is 12.3. The van der Waals surface area contributed by atoms with Gasteiger partial charge in [-0.2, -0.15) is 4.68 Å². The summed E-state index contributed by atoms with van der Waals surface area (Å²) in [5, 5.41) is 10.7. The van der Waals surface area contributed by atoms with E-state index in [1.165, 1.54) is 11.3 Å². The normalized spacial score (nSPS) is 10.9. The van der Waals surface area contributed by atoms with E-state index in [2.05, 4.69) is 10.4 Å². The SMILES string of the molecule is O=C(Cn1nc(-c2cccs2)oc1=O)Nc1cccc2ccccc12. The fourth-order valence-electron chi connectivity index (χ4n) is 2.57. The van der Waals surface area contributed by atoms with E-state index in [1.54, 1.807) is 6.07 Å². The van der Waals surface area contributed by atoms with Crippen molar-refractivity contribution >= 4 is 33.7 Å². The lowest BCUT2D eigenvalue weighted by molar-refractivity contribution is -0.117. The fraction of sp³-hybridized carbons (Fsp3) is 0.0556. The van der Waals surface area contributed by atoms with Gasteiger partial charge in [0.15, 0.2) is 0 Å². The Balaban J connectivity index is 1.55. The number of nitrogens with one attached hydrogen (secondary N) is 1. The van der Waals surface area contributed by atoms with Crippen LogP contribution in [0.1, 0.15) is 0 Å². The van der Waals surface area contributed by atoms with Gasteiger partial charge >= 0.3 is 5.76 Å². The molecule has 0 bridgehead atoms. The van der Waals surface area contributed by atoms with Crippen LogP contribution in [-0.4, -0.2) is 15.7 Å². The highest BCUT2D eigenvalue weighted by Crippen LogP contribution is 2.23. The molecule has 6 nitrogen and oxygen atoms in total. The molecule has 4 rings (SSSR count). The summed E-state index contributed by atoms with van der Waals surface area (Å²) in [5.74, 6) is -0.779. The molecule has 0 spiro atoms. The van der Waals surface area contributed by atoms with Crippen molar-refractivity contribution in [2.45, 2.75) is 6.54 Å². The van der Waals surface area contributed by atoms with Crippen molar-refractivity contribution in [3.8, 4) is 10.8 Å². The summed E-state index contributed by atoms with van der Waals surface area (Å²) in [5.41, 5.74) is 0.693. The van der Waals surface area contributed by atoms with Crippen LogP contribution in [0.25, 0.3) is 21.5 Å². The summed E-state index contributed by atoms with van der Waals surface area (Å²) in [6.45, 7) is -0.211. The second-order valence-corrected chi connectivity index (χ2v) is 6.33. The molecule has 0 fully saturated rings. The zero-order valence-corrected chi connectivity index (χ0v) is 13.8. The van der Waals surface area contributed by atoms with Crippen LogP contribution >= 0.6 is 11.3 Å². The molecule has 0 saturated carbocycles. The van der Waals surface area contributed by atoms with Crippen LogP contribution in [0.5, 0.6) is 0 Å². The van der Waals surface area contributed by atoms with Crippen molar-refractivity contribution in [1.29, 1.82) is 0 Å². The Bertz CT molecular complexity index is 1090. The summed E-state index contributed by atoms with van der Waals surface area (Å²) >= 11 is 1.41. The van der Waals surface area contributed by atoms with Crippen LogP contribution in [0, 0.1) is 0 Å². The van der Waals surface area contributed by atoms with E-state index in [1.807, 2.05) is 53.9 Å². The smallest absolute Gasteiger partial charge is 0.387 e. The summed E-state index contributed by atoms with van der Waals surface area (Å²) in [4.78, 5) is 25.0. The molecule has 2 aromatic carbocycles. The number of carbonyl (C=O) groups excluding carboxylic acids is 1. The first-order valence-corrected chi connectivity index (χ1v) is 8.48. The number of hydrogen-bond acceptors (Lipinski definition) is 5. The lowest BCUT2D eigenvalue weighted by Crippen LogP contribution is -2.25. The highest BCUT2D eigenvalue weighted by Gasteiger charge is 2.14. The largest absolute Gasteiger partial charge is 0.437 e. The molecule has 1 N–H and O–H groups in total. The molecule has 1 amide bonds. The van der Waals surface area contributed by atoms with Crippen LogP contribution in [0.15, 0.2) is 69.2 Å². The second kappa shape index (κ2) is 6.37. The van der Waals surface area contributed by atoms with Crippen LogP contribution in [0.3, 0.4) is 0 Å². The lowest BCUT2D eigenvalue weighted by atomic mass is 10.1. The van der Waals surface area contributed by atoms with Crippen molar-refractivity contribution in [3.05, 3.63) is 70.5 Å². The maximum Gasteiger partial charge on any atom is 0.437 e. The first-order chi connectivity index (χ1) is 12.2. The van der Waals surface area contributed by atoms with Crippen molar-refractivity contribution in [2.75, 3.05) is 5.32 Å². The maximum atomic E-state index is 12.3. The monoisotopic (exact) mass is 351 g/mol. The van der Waals surface area contributed by atoms with Crippen molar-refractivity contribution in [1.82, 2.24) is 9.78 Å². The lowest BCUT2D eigenvalue weighted by Gasteiger charge is -2.08. The minimum atomic E-state index is -0.656. The molecular weight excluding hydrogens is 338 g/mol. The molecule has 2 heterocycles. The zero-order chi connectivity index (χ0) is 17.2. The molecule has 0 aliphatic carbocycles. The Morgan fingerprint density at radius 3 is 2.80 bits per heavy atom. The van der Waals surface area contributed by atoms with Gasteiger partial charge in [0.05, 0.1) is 4.88 Å². The number of hydrogen-bond donors (Lipinski definition) is 1. The van der Waals surface area contributed by atoms with Gasteiger partial charge in [0, 0.05) is 11.1 Å². The van der Waals surface area contributed by atoms with Gasteiger partial charge in [0.1, 0.15) is 6.54 Å². The summed E-state index contributed by atoms with van der Waals surface area (Å²) in [6, 6.07) is 17.1. The van der Waals surface area contributed by atoms with E-state index in [0.717, 1.165) is 20.3 Å². The molecular formula is C18H13N3O3S. The summed E-state index contributed by atoms with van der Waals surface area (Å²) in [7, 11) is 0. The van der Waals surface area contributed by atoms with Gasteiger partial charge in [0.25, 0.3) is 5.89 Å². The number of amides is 1. The molecule has 2 aromatic heterocycles. The quantitative estimate of drug-likeness (QED) is 0.612. The number of aromatic nitrogens is 2. The Morgan fingerprint density at radius 1 is 1.12 bits per heavy atom. The molecule has 7 heteroatoms. The molecule has 0 atom stereocenters. The van der Waals surface area contributed by atoms with E-state index in [0.29, 0.717) is 5.69 Å². The fourth-order valence-corrected chi connectivity index (χ4v) is 3.21. The molecule has 0 aliphatic heterocycles. The third-order valence-corrected chi connectivity index (χ3v) is 4.55. The summed E-state index contributed by atoms with van der Waals surface area (Å²) < 4.78 is 6.13. The van der Waals surface area contributed by atoms with E-state index < -0.39 is 5.76 Å². The standard InChI is InChI=1S/C18H13N3O3S/c22-16(19-14-8-3-6-12-5-1-2-7-13(12)14)11-21-18(23)24-17(20-21)15-9-4-10-25-15/h1-10H,11H2,(H,19,22). The minimum Gasteiger partial charge on any atom is -0.387 e. The Hall–Kier alpha value is -3.19. The van der Waals surface area contributed by atoms with Gasteiger partial charge < -0.3 is 9.73 Å². The average molecular weight is 351 g/mol. The highest BCUT2D eigenvalue weighted by atomic mass is 32.1. The third kappa shape index (κ3) is 3.09. The van der Waals surface area contributed by atoms with Crippen molar-refractivity contribution < 1.29 is 9.21 Å². The number of fused-ring (bicyclic) bond motifs is 1. The molecule has 0 aliphatic rings. The van der Waals surface area contributed by atoms with E-state index in [-0.39, 0.29) is 18.3 Å². The van der Waals surface area contributed by atoms with Crippen LogP contribution in [0.2, 0.25) is 0 Å². The Kier molecular flexibility index (Phi) is 3.91. The number of rotatable bonds is 4. The van der Waals surface area contributed by atoms with Gasteiger partial charge in [-0.05, 0) is 22.9 Å². The number of nitrogens with zero attached hydrogens (tertiary/aromatic N) is 2. The minimum absolute atomic E-state index is 0.211. The van der Waals surface area contributed by atoms with Crippen LogP contribution < -0.4 is 11.1 Å². The first-order valence-electron chi connectivity index (χ1n) is 7.60. The third-order valence-electron chi connectivity index (χ3n) is 3.70. The second-order valence-electron chi connectivity index (χ2n) is 5.38. The van der Waals surface area contributed by atoms with E-state index >= 15 is 0 Å². The predicted molar refractivity (Wildman–Crippen MR) is 96.7 cm³/mol. The van der Waals surface area contributed by atoms with E-state index in [9.17, 15) is 9.59 Å². The topological polar surface area (TPSA) is 77.1 Å². The molecule has 25 heavy (non-hydrogen) atoms. The van der Waals surface area contributed by atoms with Gasteiger partial charge in [-0.1, -0.05) is 42.5 Å². The molecule has 124 valence electrons. The summed E-state index contributed by atoms with van der Waals surface area (Å²) in [6.07, 6.45) is 0. The predicted octanol–water partition coefficient (Wildman–Crippen LogP) is 3.36. The van der Waals surface area contributed by atoms with Gasteiger partial charge in [0.2, 0.25) is 5.91 Å². The molecule has 0 unspecified atom stereocenters. The zero-order valence-electron chi connectivity index (χ0n) is 13.0. The Labute approximate surface area is 146 Å². The molecule has 0 saturated heterocycles. The molecule has 0 radical (unpaired) electrons. The van der Waals surface area contributed by atoms with Crippen LogP contribution in [-0.2, 0) is 11.3 Å². The highest BCUT2D eigenvalue weighted by molar-refractivity contribution is 7.13. The first kappa shape index (κ1) is 15.3. The van der Waals surface area contributed by atoms with Gasteiger partial charge in [-0.15, -0.1) is 16.4 Å². The number of benzene rings is 2. The van der Waals surface area contributed by atoms with Gasteiger partial charge in [-0.3, -0.25) is 4.79 Å². The van der Waals surface area contributed by atoms with Crippen LogP contribution in [0.4, 0.5) is 5.69 Å². The number of carbonyl (C=O) groups is 1. The average Bonchev–Trinajstić information content (AvgIpc) is 3.26. The molecule has 4 aromatic rings. The van der Waals surface area contributed by atoms with Crippen molar-refractivity contribution in [3.63, 3.8) is 0 Å². The Morgan fingerprint density at radius 2 is 1.96 bits per heavy atom. The van der Waals surface area contributed by atoms with Gasteiger partial charge in [-0.25, -0.2) is 4.79 Å². The van der Waals surface area contributed by atoms with E-state index in [4.69, 9.17) is 4.42 Å². The van der Waals surface area contributed by atoms with Crippen molar-refractivity contribution in [2.24, 2.45) is 0 Å².